The Morgan fingerprint density at radius 1 is 1.22 bits per heavy atom. The molecule has 0 saturated carbocycles. The third-order valence-corrected chi connectivity index (χ3v) is 4.81. The SMILES string of the molecule is CC(N)C(=O)Nc1ccc(Sc2ccc3nc(N(C)C(=O)O)[nH]c3c2)cc1. The normalized spacial score (nSPS) is 12.0. The summed E-state index contributed by atoms with van der Waals surface area (Å²) in [5.74, 6) is 0.0381. The van der Waals surface area contributed by atoms with Crippen LogP contribution in [0.1, 0.15) is 6.92 Å². The maximum Gasteiger partial charge on any atom is 0.413 e. The Labute approximate surface area is 159 Å². The first-order valence-corrected chi connectivity index (χ1v) is 8.96. The lowest BCUT2D eigenvalue weighted by molar-refractivity contribution is -0.117. The van der Waals surface area contributed by atoms with E-state index in [1.165, 1.54) is 7.05 Å². The highest BCUT2D eigenvalue weighted by Crippen LogP contribution is 2.31. The van der Waals surface area contributed by atoms with Crippen molar-refractivity contribution in [1.82, 2.24) is 9.97 Å². The summed E-state index contributed by atoms with van der Waals surface area (Å²) in [5, 5.41) is 11.8. The van der Waals surface area contributed by atoms with Crippen LogP contribution in [0.4, 0.5) is 16.4 Å². The summed E-state index contributed by atoms with van der Waals surface area (Å²) >= 11 is 1.55. The molecule has 3 aromatic rings. The van der Waals surface area contributed by atoms with Crippen molar-refractivity contribution in [2.45, 2.75) is 22.8 Å². The zero-order valence-electron chi connectivity index (χ0n) is 14.8. The Kier molecular flexibility index (Phi) is 5.33. The summed E-state index contributed by atoms with van der Waals surface area (Å²) in [6.45, 7) is 1.63. The molecular weight excluding hydrogens is 366 g/mol. The third-order valence-electron chi connectivity index (χ3n) is 3.82. The minimum Gasteiger partial charge on any atom is -0.465 e. The van der Waals surface area contributed by atoms with Crippen LogP contribution in [0.25, 0.3) is 11.0 Å². The summed E-state index contributed by atoms with van der Waals surface area (Å²) in [5.41, 5.74) is 7.67. The van der Waals surface area contributed by atoms with Gasteiger partial charge in [0.1, 0.15) is 0 Å². The minimum absolute atomic E-state index is 0.234. The van der Waals surface area contributed by atoms with Crippen molar-refractivity contribution in [1.29, 1.82) is 0 Å². The van der Waals surface area contributed by atoms with Gasteiger partial charge in [-0.2, -0.15) is 0 Å². The monoisotopic (exact) mass is 385 g/mol. The number of carbonyl (C=O) groups excluding carboxylic acids is 1. The standard InChI is InChI=1S/C18H19N5O3S/c1-10(19)16(24)20-11-3-5-12(6-4-11)27-13-7-8-14-15(9-13)22-17(21-14)23(2)18(25)26/h3-10H,19H2,1-2H3,(H,20,24)(H,21,22)(H,25,26). The van der Waals surface area contributed by atoms with Crippen LogP contribution in [0.15, 0.2) is 52.3 Å². The Morgan fingerprint density at radius 3 is 2.52 bits per heavy atom. The smallest absolute Gasteiger partial charge is 0.413 e. The fraction of sp³-hybridized carbons (Fsp3) is 0.167. The predicted molar refractivity (Wildman–Crippen MR) is 105 cm³/mol. The number of aromatic amines is 1. The van der Waals surface area contributed by atoms with Crippen LogP contribution in [0.5, 0.6) is 0 Å². The number of nitrogens with one attached hydrogen (secondary N) is 2. The molecule has 3 rings (SSSR count). The highest BCUT2D eigenvalue weighted by molar-refractivity contribution is 7.99. The van der Waals surface area contributed by atoms with Crippen molar-refractivity contribution >= 4 is 46.4 Å². The lowest BCUT2D eigenvalue weighted by Crippen LogP contribution is -2.32. The summed E-state index contributed by atoms with van der Waals surface area (Å²) in [7, 11) is 1.43. The van der Waals surface area contributed by atoms with Gasteiger partial charge in [-0.05, 0) is 49.4 Å². The van der Waals surface area contributed by atoms with E-state index in [1.54, 1.807) is 18.7 Å². The number of hydrogen-bond acceptors (Lipinski definition) is 5. The number of benzene rings is 2. The van der Waals surface area contributed by atoms with Gasteiger partial charge in [-0.1, -0.05) is 11.8 Å². The molecule has 1 unspecified atom stereocenters. The van der Waals surface area contributed by atoms with Crippen molar-refractivity contribution < 1.29 is 14.7 Å². The van der Waals surface area contributed by atoms with Crippen molar-refractivity contribution in [3.63, 3.8) is 0 Å². The Hall–Kier alpha value is -3.04. The number of fused-ring (bicyclic) bond motifs is 1. The van der Waals surface area contributed by atoms with E-state index in [-0.39, 0.29) is 11.9 Å². The first kappa shape index (κ1) is 18.7. The molecule has 0 fully saturated rings. The first-order valence-electron chi connectivity index (χ1n) is 8.14. The molecule has 8 nitrogen and oxygen atoms in total. The largest absolute Gasteiger partial charge is 0.465 e. The molecule has 0 saturated heterocycles. The quantitative estimate of drug-likeness (QED) is 0.535. The molecule has 0 spiro atoms. The van der Waals surface area contributed by atoms with E-state index in [0.717, 1.165) is 20.2 Å². The van der Waals surface area contributed by atoms with Gasteiger partial charge in [0.25, 0.3) is 0 Å². The van der Waals surface area contributed by atoms with E-state index in [9.17, 15) is 9.59 Å². The Balaban J connectivity index is 1.74. The maximum atomic E-state index is 11.6. The molecule has 0 aliphatic carbocycles. The molecule has 2 amide bonds. The molecule has 9 heteroatoms. The van der Waals surface area contributed by atoms with Crippen LogP contribution in [0.3, 0.4) is 0 Å². The van der Waals surface area contributed by atoms with Gasteiger partial charge in [-0.3, -0.25) is 9.69 Å². The van der Waals surface area contributed by atoms with Gasteiger partial charge in [0, 0.05) is 22.5 Å². The van der Waals surface area contributed by atoms with Crippen LogP contribution in [0.2, 0.25) is 0 Å². The van der Waals surface area contributed by atoms with Crippen LogP contribution >= 0.6 is 11.8 Å². The third kappa shape index (κ3) is 4.39. The molecule has 0 aliphatic rings. The van der Waals surface area contributed by atoms with Gasteiger partial charge in [0.05, 0.1) is 17.1 Å². The van der Waals surface area contributed by atoms with E-state index in [1.807, 2.05) is 42.5 Å². The number of rotatable bonds is 5. The number of H-pyrrole nitrogens is 1. The molecule has 0 radical (unpaired) electrons. The number of carboxylic acid groups (broad SMARTS) is 1. The van der Waals surface area contributed by atoms with Crippen LogP contribution < -0.4 is 16.0 Å². The fourth-order valence-electron chi connectivity index (χ4n) is 2.29. The second kappa shape index (κ2) is 7.68. The molecule has 5 N–H and O–H groups in total. The Bertz CT molecular complexity index is 984. The van der Waals surface area contributed by atoms with Gasteiger partial charge in [0.2, 0.25) is 11.9 Å². The van der Waals surface area contributed by atoms with Gasteiger partial charge in [-0.25, -0.2) is 9.78 Å². The number of nitrogens with zero attached hydrogens (tertiary/aromatic N) is 2. The topological polar surface area (TPSA) is 124 Å². The predicted octanol–water partition coefficient (Wildman–Crippen LogP) is 3.11. The maximum absolute atomic E-state index is 11.6. The highest BCUT2D eigenvalue weighted by Gasteiger charge is 2.13. The summed E-state index contributed by atoms with van der Waals surface area (Å²) in [6.07, 6.45) is -1.08. The minimum atomic E-state index is -1.08. The molecule has 27 heavy (non-hydrogen) atoms. The average Bonchev–Trinajstić information content (AvgIpc) is 3.05. The first-order chi connectivity index (χ1) is 12.8. The molecule has 1 aromatic heterocycles. The zero-order valence-corrected chi connectivity index (χ0v) is 15.6. The van der Waals surface area contributed by atoms with E-state index in [0.29, 0.717) is 11.2 Å². The summed E-state index contributed by atoms with van der Waals surface area (Å²) in [6, 6.07) is 12.6. The van der Waals surface area contributed by atoms with Gasteiger partial charge in [0.15, 0.2) is 0 Å². The summed E-state index contributed by atoms with van der Waals surface area (Å²) in [4.78, 5) is 32.9. The molecule has 0 aliphatic heterocycles. The number of aromatic nitrogens is 2. The molecule has 140 valence electrons. The molecule has 1 atom stereocenters. The Morgan fingerprint density at radius 2 is 1.89 bits per heavy atom. The van der Waals surface area contributed by atoms with Crippen molar-refractivity contribution in [2.75, 3.05) is 17.3 Å². The second-order valence-corrected chi connectivity index (χ2v) is 7.13. The van der Waals surface area contributed by atoms with E-state index in [4.69, 9.17) is 10.8 Å². The number of hydrogen-bond donors (Lipinski definition) is 4. The second-order valence-electron chi connectivity index (χ2n) is 5.99. The number of anilines is 2. The number of nitrogens with two attached hydrogens (primary N) is 1. The van der Waals surface area contributed by atoms with E-state index < -0.39 is 12.1 Å². The van der Waals surface area contributed by atoms with E-state index in [2.05, 4.69) is 15.3 Å². The fourth-order valence-corrected chi connectivity index (χ4v) is 3.14. The number of imidazole rings is 1. The van der Waals surface area contributed by atoms with Crippen molar-refractivity contribution in [2.24, 2.45) is 5.73 Å². The van der Waals surface area contributed by atoms with Crippen molar-refractivity contribution in [3.8, 4) is 0 Å². The average molecular weight is 385 g/mol. The summed E-state index contributed by atoms with van der Waals surface area (Å²) < 4.78 is 0. The number of carbonyl (C=O) groups is 2. The van der Waals surface area contributed by atoms with Crippen LogP contribution in [0, 0.1) is 0 Å². The highest BCUT2D eigenvalue weighted by atomic mass is 32.2. The molecule has 1 heterocycles. The molecular formula is C18H19N5O3S. The number of amides is 2. The van der Waals surface area contributed by atoms with Crippen LogP contribution in [-0.4, -0.2) is 40.2 Å². The van der Waals surface area contributed by atoms with Crippen molar-refractivity contribution in [3.05, 3.63) is 42.5 Å². The molecule has 0 bridgehead atoms. The van der Waals surface area contributed by atoms with Gasteiger partial charge >= 0.3 is 6.09 Å². The van der Waals surface area contributed by atoms with Crippen LogP contribution in [-0.2, 0) is 4.79 Å². The van der Waals surface area contributed by atoms with E-state index >= 15 is 0 Å². The van der Waals surface area contributed by atoms with Gasteiger partial charge < -0.3 is 21.1 Å². The molecule has 2 aromatic carbocycles. The zero-order chi connectivity index (χ0) is 19.6. The lowest BCUT2D eigenvalue weighted by atomic mass is 10.3. The van der Waals surface area contributed by atoms with Gasteiger partial charge in [-0.15, -0.1) is 0 Å². The lowest BCUT2D eigenvalue weighted by Gasteiger charge is -2.08.